The molecule has 0 spiro atoms. The van der Waals surface area contributed by atoms with Crippen LogP contribution < -0.4 is 5.69 Å². The van der Waals surface area contributed by atoms with Crippen molar-refractivity contribution < 1.29 is 4.79 Å². The van der Waals surface area contributed by atoms with E-state index < -0.39 is 0 Å². The molecule has 0 aliphatic carbocycles. The number of hydrogen-bond acceptors (Lipinski definition) is 3. The molecule has 1 aliphatic heterocycles. The van der Waals surface area contributed by atoms with Crippen molar-refractivity contribution >= 4 is 17.5 Å². The van der Waals surface area contributed by atoms with Gasteiger partial charge in [0.05, 0.1) is 0 Å². The molecule has 2 heterocycles. The highest BCUT2D eigenvalue weighted by molar-refractivity contribution is 6.31. The fourth-order valence-electron chi connectivity index (χ4n) is 2.70. The number of aromatic nitrogens is 3. The predicted molar refractivity (Wildman–Crippen MR) is 87.6 cm³/mol. The van der Waals surface area contributed by atoms with Gasteiger partial charge in [0.15, 0.2) is 0 Å². The molecule has 1 aliphatic rings. The van der Waals surface area contributed by atoms with Crippen molar-refractivity contribution in [3.8, 4) is 0 Å². The first-order valence-corrected chi connectivity index (χ1v) is 8.20. The van der Waals surface area contributed by atoms with Gasteiger partial charge in [-0.3, -0.25) is 9.36 Å². The van der Waals surface area contributed by atoms with E-state index in [-0.39, 0.29) is 17.4 Å². The van der Waals surface area contributed by atoms with E-state index in [0.717, 1.165) is 18.4 Å². The van der Waals surface area contributed by atoms with E-state index in [1.807, 2.05) is 18.2 Å². The Balaban J connectivity index is 1.83. The Hall–Kier alpha value is -2.08. The number of benzene rings is 1. The van der Waals surface area contributed by atoms with Crippen LogP contribution in [0.15, 0.2) is 29.1 Å². The lowest BCUT2D eigenvalue weighted by molar-refractivity contribution is 0.0681. The van der Waals surface area contributed by atoms with Crippen LogP contribution >= 0.6 is 11.6 Å². The normalized spacial score (nSPS) is 14.2. The van der Waals surface area contributed by atoms with Crippen molar-refractivity contribution in [2.75, 3.05) is 6.54 Å². The van der Waals surface area contributed by atoms with Gasteiger partial charge in [0, 0.05) is 31.2 Å². The zero-order valence-corrected chi connectivity index (χ0v) is 13.8. The minimum atomic E-state index is -0.219. The molecule has 6 nitrogen and oxygen atoms in total. The average molecular weight is 335 g/mol. The molecule has 0 fully saturated rings. The molecule has 0 unspecified atom stereocenters. The predicted octanol–water partition coefficient (Wildman–Crippen LogP) is 2.15. The van der Waals surface area contributed by atoms with Gasteiger partial charge < -0.3 is 4.90 Å². The molecule has 7 heteroatoms. The molecule has 0 saturated carbocycles. The summed E-state index contributed by atoms with van der Waals surface area (Å²) >= 11 is 6.17. The van der Waals surface area contributed by atoms with Crippen LogP contribution in [-0.4, -0.2) is 31.7 Å². The first-order valence-electron chi connectivity index (χ1n) is 7.82. The molecule has 1 amide bonds. The van der Waals surface area contributed by atoms with E-state index in [0.29, 0.717) is 31.2 Å². The molecule has 0 N–H and O–H groups in total. The first-order chi connectivity index (χ1) is 11.1. The third-order valence-electron chi connectivity index (χ3n) is 4.04. The molecular formula is C16H19ClN4O2. The molecule has 0 radical (unpaired) electrons. The third-order valence-corrected chi connectivity index (χ3v) is 4.41. The van der Waals surface area contributed by atoms with Crippen molar-refractivity contribution in [3.05, 3.63) is 51.2 Å². The van der Waals surface area contributed by atoms with Crippen molar-refractivity contribution in [2.24, 2.45) is 0 Å². The van der Waals surface area contributed by atoms with Crippen molar-refractivity contribution in [2.45, 2.75) is 39.4 Å². The first kappa shape index (κ1) is 15.8. The van der Waals surface area contributed by atoms with Crippen LogP contribution in [0.4, 0.5) is 0 Å². The smallest absolute Gasteiger partial charge is 0.330 e. The fraction of sp³-hybridized carbons (Fsp3) is 0.438. The van der Waals surface area contributed by atoms with Gasteiger partial charge >= 0.3 is 5.69 Å². The lowest BCUT2D eigenvalue weighted by Gasteiger charge is -2.26. The standard InChI is InChI=1S/C16H19ClN4O2/c1-2-3-8-21-16(23)20-10-9-19(15(22)14(20)18-21)11-12-6-4-5-7-13(12)17/h4-7H,2-3,8-11H2,1H3. The number of unbranched alkanes of at least 4 members (excludes halogenated alkanes) is 1. The number of hydrogen-bond donors (Lipinski definition) is 0. The largest absolute Gasteiger partial charge is 0.346 e. The minimum Gasteiger partial charge on any atom is -0.330 e. The molecule has 2 aromatic rings. The van der Waals surface area contributed by atoms with Gasteiger partial charge in [-0.1, -0.05) is 43.1 Å². The fourth-order valence-corrected chi connectivity index (χ4v) is 2.90. The summed E-state index contributed by atoms with van der Waals surface area (Å²) in [6, 6.07) is 7.46. The summed E-state index contributed by atoms with van der Waals surface area (Å²) in [5.41, 5.74) is 0.697. The molecule has 1 aromatic carbocycles. The zero-order valence-electron chi connectivity index (χ0n) is 13.0. The van der Waals surface area contributed by atoms with Crippen LogP contribution in [0.5, 0.6) is 0 Å². The van der Waals surface area contributed by atoms with Gasteiger partial charge in [-0.25, -0.2) is 9.48 Å². The summed E-state index contributed by atoms with van der Waals surface area (Å²) in [5.74, 6) is 0.00734. The molecule has 3 rings (SSSR count). The van der Waals surface area contributed by atoms with E-state index in [2.05, 4.69) is 12.0 Å². The maximum absolute atomic E-state index is 12.6. The highest BCUT2D eigenvalue weighted by atomic mass is 35.5. The Morgan fingerprint density at radius 3 is 2.74 bits per heavy atom. The van der Waals surface area contributed by atoms with E-state index in [4.69, 9.17) is 11.6 Å². The molecule has 23 heavy (non-hydrogen) atoms. The van der Waals surface area contributed by atoms with Gasteiger partial charge in [-0.15, -0.1) is 5.10 Å². The number of carbonyl (C=O) groups excluding carboxylic acids is 1. The zero-order chi connectivity index (χ0) is 16.4. The average Bonchev–Trinajstić information content (AvgIpc) is 2.87. The van der Waals surface area contributed by atoms with Crippen molar-refractivity contribution in [3.63, 3.8) is 0 Å². The monoisotopic (exact) mass is 334 g/mol. The molecule has 0 atom stereocenters. The number of halogens is 1. The summed E-state index contributed by atoms with van der Waals surface area (Å²) in [6.45, 7) is 3.98. The topological polar surface area (TPSA) is 60.1 Å². The van der Waals surface area contributed by atoms with Gasteiger partial charge in [-0.2, -0.15) is 0 Å². The number of rotatable bonds is 5. The lowest BCUT2D eigenvalue weighted by Crippen LogP contribution is -2.42. The van der Waals surface area contributed by atoms with Crippen LogP contribution in [0.2, 0.25) is 5.02 Å². The van der Waals surface area contributed by atoms with Gasteiger partial charge in [0.2, 0.25) is 5.82 Å². The summed E-state index contributed by atoms with van der Waals surface area (Å²) in [4.78, 5) is 26.6. The van der Waals surface area contributed by atoms with Gasteiger partial charge in [0.25, 0.3) is 5.91 Å². The number of aryl methyl sites for hydroxylation is 1. The SMILES string of the molecule is CCCCn1nc2n(c1=O)CCN(Cc1ccccc1Cl)C2=O. The minimum absolute atomic E-state index is 0.195. The molecule has 0 saturated heterocycles. The summed E-state index contributed by atoms with van der Waals surface area (Å²) in [5, 5.41) is 4.86. The van der Waals surface area contributed by atoms with Crippen molar-refractivity contribution in [1.82, 2.24) is 19.2 Å². The molecular weight excluding hydrogens is 316 g/mol. The second-order valence-electron chi connectivity index (χ2n) is 5.65. The number of carbonyl (C=O) groups is 1. The molecule has 0 bridgehead atoms. The van der Waals surface area contributed by atoms with E-state index in [9.17, 15) is 9.59 Å². The van der Waals surface area contributed by atoms with Crippen LogP contribution in [0, 0.1) is 0 Å². The second-order valence-corrected chi connectivity index (χ2v) is 6.06. The number of nitrogens with zero attached hydrogens (tertiary/aromatic N) is 4. The molecule has 122 valence electrons. The van der Waals surface area contributed by atoms with E-state index in [1.165, 1.54) is 9.25 Å². The Labute approximate surface area is 139 Å². The lowest BCUT2D eigenvalue weighted by atomic mass is 10.2. The quantitative estimate of drug-likeness (QED) is 0.841. The second kappa shape index (κ2) is 6.58. The number of amides is 1. The van der Waals surface area contributed by atoms with E-state index >= 15 is 0 Å². The van der Waals surface area contributed by atoms with Crippen molar-refractivity contribution in [1.29, 1.82) is 0 Å². The highest BCUT2D eigenvalue weighted by Gasteiger charge is 2.29. The molecule has 1 aromatic heterocycles. The van der Waals surface area contributed by atoms with Crippen LogP contribution in [0.25, 0.3) is 0 Å². The van der Waals surface area contributed by atoms with Crippen LogP contribution in [0.3, 0.4) is 0 Å². The Kier molecular flexibility index (Phi) is 4.52. The Morgan fingerprint density at radius 1 is 1.22 bits per heavy atom. The maximum Gasteiger partial charge on any atom is 0.346 e. The summed E-state index contributed by atoms with van der Waals surface area (Å²) in [7, 11) is 0. The van der Waals surface area contributed by atoms with E-state index in [1.54, 1.807) is 11.0 Å². The maximum atomic E-state index is 12.6. The van der Waals surface area contributed by atoms with Gasteiger partial charge in [0.1, 0.15) is 0 Å². The van der Waals surface area contributed by atoms with Gasteiger partial charge in [-0.05, 0) is 18.1 Å². The third kappa shape index (κ3) is 3.03. The summed E-state index contributed by atoms with van der Waals surface area (Å²) < 4.78 is 2.87. The summed E-state index contributed by atoms with van der Waals surface area (Å²) in [6.07, 6.45) is 1.84. The van der Waals surface area contributed by atoms with Crippen LogP contribution in [0.1, 0.15) is 35.9 Å². The Morgan fingerprint density at radius 2 is 2.00 bits per heavy atom. The highest BCUT2D eigenvalue weighted by Crippen LogP contribution is 2.19. The van der Waals surface area contributed by atoms with Crippen LogP contribution in [-0.2, 0) is 19.6 Å². The Bertz CT molecular complexity index is 781. The number of fused-ring (bicyclic) bond motifs is 1.